The summed E-state index contributed by atoms with van der Waals surface area (Å²) in [7, 11) is 1.81. The Balaban J connectivity index is 1.39. The average Bonchev–Trinajstić information content (AvgIpc) is 3.26. The molecule has 0 bridgehead atoms. The molecule has 0 spiro atoms. The lowest BCUT2D eigenvalue weighted by molar-refractivity contribution is 0.494. The molecule has 1 aliphatic rings. The third-order valence-corrected chi connectivity index (χ3v) is 5.55. The summed E-state index contributed by atoms with van der Waals surface area (Å²) in [5, 5.41) is 12.9. The van der Waals surface area contributed by atoms with Gasteiger partial charge in [-0.25, -0.2) is 0 Å². The van der Waals surface area contributed by atoms with Crippen LogP contribution in [-0.4, -0.2) is 28.8 Å². The van der Waals surface area contributed by atoms with Crippen molar-refractivity contribution in [2.24, 2.45) is 4.99 Å². The molecular formula is C22H29N5O. The number of hydrogen-bond donors (Lipinski definition) is 2. The minimum Gasteiger partial charge on any atom is -0.459 e. The van der Waals surface area contributed by atoms with Gasteiger partial charge in [0.2, 0.25) is 0 Å². The molecule has 28 heavy (non-hydrogen) atoms. The lowest BCUT2D eigenvalue weighted by atomic mass is 9.94. The second kappa shape index (κ2) is 7.70. The largest absolute Gasteiger partial charge is 0.459 e. The van der Waals surface area contributed by atoms with Gasteiger partial charge in [-0.05, 0) is 45.2 Å². The van der Waals surface area contributed by atoms with E-state index in [0.29, 0.717) is 18.6 Å². The van der Waals surface area contributed by atoms with E-state index in [-0.39, 0.29) is 0 Å². The van der Waals surface area contributed by atoms with Crippen LogP contribution >= 0.6 is 0 Å². The number of hydrogen-bond acceptors (Lipinski definition) is 3. The monoisotopic (exact) mass is 379 g/mol. The average molecular weight is 380 g/mol. The summed E-state index contributed by atoms with van der Waals surface area (Å²) in [6.45, 7) is 7.05. The summed E-state index contributed by atoms with van der Waals surface area (Å²) in [4.78, 5) is 4.40. The van der Waals surface area contributed by atoms with Crippen LogP contribution in [0.15, 0.2) is 39.9 Å². The van der Waals surface area contributed by atoms with Gasteiger partial charge in [0.25, 0.3) is 0 Å². The molecule has 2 N–H and O–H groups in total. The van der Waals surface area contributed by atoms with Gasteiger partial charge in [0.05, 0.1) is 12.2 Å². The van der Waals surface area contributed by atoms with Crippen molar-refractivity contribution in [3.63, 3.8) is 0 Å². The Hall–Kier alpha value is -2.76. The van der Waals surface area contributed by atoms with Gasteiger partial charge in [0.1, 0.15) is 11.3 Å². The zero-order valence-electron chi connectivity index (χ0n) is 17.1. The standard InChI is InChI=1S/C22H29N5O/c1-14(2)27-13-16-9-10-17(11-19(16)26-27)25-22(23-4)24-12-21-15(3)18-7-5-6-8-20(18)28-21/h5-8,13-14,17H,9-12H2,1-4H3,(H2,23,24,25). The van der Waals surface area contributed by atoms with Gasteiger partial charge >= 0.3 is 0 Å². The number of benzene rings is 1. The Labute approximate surface area is 166 Å². The Morgan fingerprint density at radius 2 is 2.18 bits per heavy atom. The number of guanidine groups is 1. The van der Waals surface area contributed by atoms with E-state index in [1.807, 2.05) is 25.2 Å². The summed E-state index contributed by atoms with van der Waals surface area (Å²) in [6, 6.07) is 8.89. The molecule has 4 rings (SSSR count). The number of aromatic nitrogens is 2. The zero-order chi connectivity index (χ0) is 19.7. The lowest BCUT2D eigenvalue weighted by Crippen LogP contribution is -2.45. The Morgan fingerprint density at radius 3 is 2.93 bits per heavy atom. The Bertz CT molecular complexity index is 998. The van der Waals surface area contributed by atoms with Crippen LogP contribution in [0.25, 0.3) is 11.0 Å². The number of nitrogens with zero attached hydrogens (tertiary/aromatic N) is 3. The van der Waals surface area contributed by atoms with Crippen molar-refractivity contribution in [2.75, 3.05) is 7.05 Å². The maximum absolute atomic E-state index is 6.00. The third-order valence-electron chi connectivity index (χ3n) is 5.55. The second-order valence-corrected chi connectivity index (χ2v) is 7.83. The predicted molar refractivity (Wildman–Crippen MR) is 113 cm³/mol. The van der Waals surface area contributed by atoms with E-state index in [1.165, 1.54) is 22.2 Å². The quantitative estimate of drug-likeness (QED) is 0.535. The van der Waals surface area contributed by atoms with Gasteiger partial charge < -0.3 is 15.1 Å². The van der Waals surface area contributed by atoms with Crippen molar-refractivity contribution < 1.29 is 4.42 Å². The molecule has 0 amide bonds. The van der Waals surface area contributed by atoms with Crippen molar-refractivity contribution in [3.05, 3.63) is 53.0 Å². The fourth-order valence-corrected chi connectivity index (χ4v) is 3.85. The second-order valence-electron chi connectivity index (χ2n) is 7.83. The van der Waals surface area contributed by atoms with E-state index < -0.39 is 0 Å². The van der Waals surface area contributed by atoms with Gasteiger partial charge in [0, 0.05) is 42.7 Å². The van der Waals surface area contributed by atoms with E-state index in [0.717, 1.165) is 36.6 Å². The van der Waals surface area contributed by atoms with Crippen molar-refractivity contribution in [2.45, 2.75) is 58.7 Å². The number of nitrogens with one attached hydrogen (secondary N) is 2. The summed E-state index contributed by atoms with van der Waals surface area (Å²) in [5.41, 5.74) is 4.70. The van der Waals surface area contributed by atoms with Crippen molar-refractivity contribution in [1.29, 1.82) is 0 Å². The first-order chi connectivity index (χ1) is 13.5. The molecule has 0 fully saturated rings. The molecule has 0 radical (unpaired) electrons. The first-order valence-electron chi connectivity index (χ1n) is 10.1. The topological polar surface area (TPSA) is 67.4 Å². The van der Waals surface area contributed by atoms with Gasteiger partial charge in [-0.1, -0.05) is 18.2 Å². The van der Waals surface area contributed by atoms with E-state index in [9.17, 15) is 0 Å². The van der Waals surface area contributed by atoms with Crippen LogP contribution in [0.1, 0.15) is 48.9 Å². The molecule has 1 aromatic carbocycles. The highest BCUT2D eigenvalue weighted by Gasteiger charge is 2.23. The van der Waals surface area contributed by atoms with Gasteiger partial charge in [-0.15, -0.1) is 0 Å². The fraction of sp³-hybridized carbons (Fsp3) is 0.455. The number of para-hydroxylation sites is 1. The molecule has 2 heterocycles. The maximum Gasteiger partial charge on any atom is 0.191 e. The van der Waals surface area contributed by atoms with Crippen molar-refractivity contribution in [1.82, 2.24) is 20.4 Å². The first kappa shape index (κ1) is 18.6. The molecule has 0 aliphatic heterocycles. The summed E-state index contributed by atoms with van der Waals surface area (Å²) < 4.78 is 8.07. The number of rotatable bonds is 4. The predicted octanol–water partition coefficient (Wildman–Crippen LogP) is 3.74. The van der Waals surface area contributed by atoms with E-state index in [1.54, 1.807) is 0 Å². The molecule has 1 atom stereocenters. The van der Waals surface area contributed by atoms with E-state index in [4.69, 9.17) is 9.52 Å². The zero-order valence-corrected chi connectivity index (χ0v) is 17.1. The number of fused-ring (bicyclic) bond motifs is 2. The van der Waals surface area contributed by atoms with Gasteiger partial charge in [-0.2, -0.15) is 5.10 Å². The van der Waals surface area contributed by atoms with Gasteiger partial charge in [0.15, 0.2) is 5.96 Å². The molecule has 3 aromatic rings. The minimum absolute atomic E-state index is 0.339. The molecule has 1 aliphatic carbocycles. The van der Waals surface area contributed by atoms with Crippen LogP contribution in [-0.2, 0) is 19.4 Å². The molecule has 0 saturated carbocycles. The highest BCUT2D eigenvalue weighted by molar-refractivity contribution is 5.83. The molecule has 148 valence electrons. The summed E-state index contributed by atoms with van der Waals surface area (Å²) in [5.74, 6) is 1.75. The highest BCUT2D eigenvalue weighted by Crippen LogP contribution is 2.25. The van der Waals surface area contributed by atoms with Crippen LogP contribution in [0.3, 0.4) is 0 Å². The summed E-state index contributed by atoms with van der Waals surface area (Å²) >= 11 is 0. The van der Waals surface area contributed by atoms with Crippen molar-refractivity contribution in [3.8, 4) is 0 Å². The maximum atomic E-state index is 6.00. The fourth-order valence-electron chi connectivity index (χ4n) is 3.85. The lowest BCUT2D eigenvalue weighted by Gasteiger charge is -2.24. The van der Waals surface area contributed by atoms with Gasteiger partial charge in [-0.3, -0.25) is 9.67 Å². The SMILES string of the molecule is CN=C(NCc1oc2ccccc2c1C)NC1CCc2cn(C(C)C)nc2C1. The number of furan rings is 1. The van der Waals surface area contributed by atoms with E-state index >= 15 is 0 Å². The normalized spacial score (nSPS) is 17.2. The smallest absolute Gasteiger partial charge is 0.191 e. The Morgan fingerprint density at radius 1 is 1.36 bits per heavy atom. The first-order valence-corrected chi connectivity index (χ1v) is 10.1. The Kier molecular flexibility index (Phi) is 5.11. The van der Waals surface area contributed by atoms with Crippen LogP contribution < -0.4 is 10.6 Å². The molecular weight excluding hydrogens is 350 g/mol. The summed E-state index contributed by atoms with van der Waals surface area (Å²) in [6.07, 6.45) is 5.27. The molecule has 6 heteroatoms. The molecule has 2 aromatic heterocycles. The van der Waals surface area contributed by atoms with Crippen LogP contribution in [0, 0.1) is 6.92 Å². The molecule has 6 nitrogen and oxygen atoms in total. The minimum atomic E-state index is 0.339. The van der Waals surface area contributed by atoms with Crippen LogP contribution in [0.4, 0.5) is 0 Å². The number of aliphatic imine (C=N–C) groups is 1. The molecule has 1 unspecified atom stereocenters. The van der Waals surface area contributed by atoms with Crippen LogP contribution in [0.2, 0.25) is 0 Å². The van der Waals surface area contributed by atoms with Crippen molar-refractivity contribution >= 4 is 16.9 Å². The third kappa shape index (κ3) is 3.63. The highest BCUT2D eigenvalue weighted by atomic mass is 16.3. The number of aryl methyl sites for hydroxylation is 2. The molecule has 0 saturated heterocycles. The van der Waals surface area contributed by atoms with Crippen LogP contribution in [0.5, 0.6) is 0 Å². The van der Waals surface area contributed by atoms with E-state index in [2.05, 4.69) is 53.3 Å².